The van der Waals surface area contributed by atoms with Crippen molar-refractivity contribution >= 4 is 28.4 Å². The number of amides is 2. The van der Waals surface area contributed by atoms with Gasteiger partial charge in [0.25, 0.3) is 11.5 Å². The monoisotopic (exact) mass is 307 g/mol. The fourth-order valence-corrected chi connectivity index (χ4v) is 2.36. The molecule has 0 spiro atoms. The minimum Gasteiger partial charge on any atom is -0.398 e. The lowest BCUT2D eigenvalue weighted by Gasteiger charge is -2.34. The van der Waals surface area contributed by atoms with Crippen LogP contribution in [0.2, 0.25) is 0 Å². The number of carbonyl (C=O) groups excluding carboxylic acids is 2. The Hall–Kier alpha value is -2.70. The Kier molecular flexibility index (Phi) is 1.71. The summed E-state index contributed by atoms with van der Waals surface area (Å²) < 4.78 is 56.3. The molecule has 3 rings (SSSR count). The number of piperidine rings is 1. The van der Waals surface area contributed by atoms with Crippen LogP contribution in [0.15, 0.2) is 22.9 Å². The van der Waals surface area contributed by atoms with E-state index < -0.39 is 64.9 Å². The summed E-state index contributed by atoms with van der Waals surface area (Å²) >= 11 is 0. The predicted octanol–water partition coefficient (Wildman–Crippen LogP) is 0.439. The maximum Gasteiger partial charge on any atom is 0.264 e. The van der Waals surface area contributed by atoms with Crippen molar-refractivity contribution in [3.05, 3.63) is 34.3 Å². The van der Waals surface area contributed by atoms with E-state index in [2.05, 4.69) is 4.98 Å². The fourth-order valence-electron chi connectivity index (χ4n) is 2.36. The summed E-state index contributed by atoms with van der Waals surface area (Å²) in [6, 6.07) is -1.71. The van der Waals surface area contributed by atoms with E-state index in [1.54, 1.807) is 5.32 Å². The first-order valence-electron chi connectivity index (χ1n) is 9.77. The van der Waals surface area contributed by atoms with Gasteiger partial charge in [-0.25, -0.2) is 4.98 Å². The molecule has 0 saturated carbocycles. The van der Waals surface area contributed by atoms with Crippen LogP contribution in [0.25, 0.3) is 10.9 Å². The van der Waals surface area contributed by atoms with Crippen molar-refractivity contribution in [1.82, 2.24) is 14.9 Å². The summed E-state index contributed by atoms with van der Waals surface area (Å²) in [6.45, 7) is 2.18. The van der Waals surface area contributed by atoms with E-state index in [1.807, 2.05) is 0 Å². The van der Waals surface area contributed by atoms with E-state index in [1.165, 1.54) is 6.92 Å². The molecule has 7 nitrogen and oxygen atoms in total. The standard InChI is InChI=1S/C15H16N4O3/c1-8-17-10-5-3-4-9(16)12(10)13(21)19(8)15(2)7-6-11(20)18-14(15)22/h3-5H,6-7,16H2,1-2H3,(H,18,20,22)/t15-/m0/s1/i3D,4D,5D,6D2,7D2. The zero-order valence-corrected chi connectivity index (χ0v) is 11.7. The molecule has 1 aromatic carbocycles. The Morgan fingerprint density at radius 2 is 2.18 bits per heavy atom. The molecule has 2 aromatic rings. The summed E-state index contributed by atoms with van der Waals surface area (Å²) in [7, 11) is 0. The van der Waals surface area contributed by atoms with E-state index in [0.717, 1.165) is 6.92 Å². The van der Waals surface area contributed by atoms with Gasteiger partial charge in [0.15, 0.2) is 0 Å². The zero-order chi connectivity index (χ0) is 22.3. The first-order chi connectivity index (χ1) is 13.1. The molecule has 1 aliphatic heterocycles. The molecule has 1 atom stereocenters. The highest BCUT2D eigenvalue weighted by molar-refractivity contribution is 6.01. The number of fused-ring (bicyclic) bond motifs is 1. The first kappa shape index (κ1) is 8.07. The van der Waals surface area contributed by atoms with Gasteiger partial charge in [0.1, 0.15) is 11.4 Å². The Morgan fingerprint density at radius 1 is 1.45 bits per heavy atom. The molecule has 0 aliphatic carbocycles. The van der Waals surface area contributed by atoms with Crippen molar-refractivity contribution in [1.29, 1.82) is 0 Å². The maximum atomic E-state index is 13.3. The van der Waals surface area contributed by atoms with Crippen molar-refractivity contribution in [2.45, 2.75) is 32.1 Å². The van der Waals surface area contributed by atoms with Gasteiger partial charge in [-0.15, -0.1) is 0 Å². The minimum atomic E-state index is -3.18. The predicted molar refractivity (Wildman–Crippen MR) is 81.2 cm³/mol. The second kappa shape index (κ2) is 4.66. The number of nitrogen functional groups attached to an aromatic ring is 1. The van der Waals surface area contributed by atoms with Crippen LogP contribution in [-0.4, -0.2) is 21.4 Å². The van der Waals surface area contributed by atoms with Crippen LogP contribution in [0.5, 0.6) is 0 Å². The topological polar surface area (TPSA) is 107 Å². The van der Waals surface area contributed by atoms with Gasteiger partial charge in [0.05, 0.1) is 15.0 Å². The molecule has 2 heterocycles. The second-order valence-corrected chi connectivity index (χ2v) is 4.92. The van der Waals surface area contributed by atoms with E-state index >= 15 is 0 Å². The van der Waals surface area contributed by atoms with Gasteiger partial charge in [-0.2, -0.15) is 0 Å². The fraction of sp³-hybridized carbons (Fsp3) is 0.333. The summed E-state index contributed by atoms with van der Waals surface area (Å²) in [5, 5.41) is 1.28. The molecule has 3 N–H and O–H groups in total. The lowest BCUT2D eigenvalue weighted by atomic mass is 9.90. The number of nitrogens with zero attached hydrogens (tertiary/aromatic N) is 2. The number of imide groups is 1. The highest BCUT2D eigenvalue weighted by Gasteiger charge is 2.42. The molecule has 1 fully saturated rings. The highest BCUT2D eigenvalue weighted by Crippen LogP contribution is 2.27. The van der Waals surface area contributed by atoms with Gasteiger partial charge < -0.3 is 5.73 Å². The SMILES string of the molecule is [2H]c1c([2H])c(N)c2c(=O)n([C@]3(C)C(=O)NC(=O)C([2H])([2H])C3([2H])[2H])c(C)nc2c1[2H]. The average molecular weight is 307 g/mol. The van der Waals surface area contributed by atoms with Gasteiger partial charge in [-0.1, -0.05) is 6.04 Å². The zero-order valence-electron chi connectivity index (χ0n) is 18.7. The number of aryl methyl sites for hydroxylation is 1. The van der Waals surface area contributed by atoms with Gasteiger partial charge in [0.2, 0.25) is 5.91 Å². The van der Waals surface area contributed by atoms with Gasteiger partial charge in [-0.3, -0.25) is 24.3 Å². The van der Waals surface area contributed by atoms with Crippen LogP contribution in [0.3, 0.4) is 0 Å². The average Bonchev–Trinajstić information content (AvgIpc) is 2.62. The second-order valence-electron chi connectivity index (χ2n) is 4.92. The summed E-state index contributed by atoms with van der Waals surface area (Å²) in [5.74, 6) is -3.01. The maximum absolute atomic E-state index is 13.3. The molecule has 0 radical (unpaired) electrons. The summed E-state index contributed by atoms with van der Waals surface area (Å²) in [4.78, 5) is 41.9. The van der Waals surface area contributed by atoms with Crippen molar-refractivity contribution in [3.63, 3.8) is 0 Å². The van der Waals surface area contributed by atoms with E-state index in [-0.39, 0.29) is 11.3 Å². The van der Waals surface area contributed by atoms with Crippen molar-refractivity contribution in [2.24, 2.45) is 0 Å². The van der Waals surface area contributed by atoms with Crippen LogP contribution in [0.1, 0.15) is 35.1 Å². The molecule has 7 heteroatoms. The number of nitrogens with one attached hydrogen (secondary N) is 1. The largest absolute Gasteiger partial charge is 0.398 e. The quantitative estimate of drug-likeness (QED) is 0.587. The Balaban J connectivity index is 2.52. The third kappa shape index (κ3) is 1.89. The van der Waals surface area contributed by atoms with E-state index in [0.29, 0.717) is 4.57 Å². The third-order valence-corrected chi connectivity index (χ3v) is 3.43. The van der Waals surface area contributed by atoms with Crippen LogP contribution in [0, 0.1) is 6.92 Å². The Morgan fingerprint density at radius 3 is 2.91 bits per heavy atom. The number of hydrogen-bond acceptors (Lipinski definition) is 5. The molecular formula is C15H16N4O3. The number of carbonyl (C=O) groups is 2. The molecule has 22 heavy (non-hydrogen) atoms. The van der Waals surface area contributed by atoms with Crippen LogP contribution < -0.4 is 16.6 Å². The normalized spacial score (nSPS) is 31.1. The van der Waals surface area contributed by atoms with Gasteiger partial charge in [-0.05, 0) is 32.3 Å². The van der Waals surface area contributed by atoms with Crippen LogP contribution in [0.4, 0.5) is 5.69 Å². The number of benzene rings is 1. The smallest absolute Gasteiger partial charge is 0.264 e. The van der Waals surface area contributed by atoms with E-state index in [9.17, 15) is 14.4 Å². The lowest BCUT2D eigenvalue weighted by Crippen LogP contribution is -2.56. The lowest BCUT2D eigenvalue weighted by molar-refractivity contribution is -0.140. The molecular weight excluding hydrogens is 284 g/mol. The van der Waals surface area contributed by atoms with Gasteiger partial charge in [0, 0.05) is 17.5 Å². The molecule has 0 bridgehead atoms. The number of rotatable bonds is 1. The molecule has 1 aliphatic rings. The highest BCUT2D eigenvalue weighted by atomic mass is 16.2. The van der Waals surface area contributed by atoms with Crippen LogP contribution in [-0.2, 0) is 15.1 Å². The first-order valence-corrected chi connectivity index (χ1v) is 6.27. The van der Waals surface area contributed by atoms with Crippen molar-refractivity contribution in [2.75, 3.05) is 5.73 Å². The molecule has 0 unspecified atom stereocenters. The number of nitrogens with two attached hydrogens (primary N) is 1. The van der Waals surface area contributed by atoms with Crippen molar-refractivity contribution in [3.8, 4) is 0 Å². The number of anilines is 1. The molecule has 114 valence electrons. The molecule has 1 aromatic heterocycles. The summed E-state index contributed by atoms with van der Waals surface area (Å²) in [6.07, 6.45) is -6.35. The van der Waals surface area contributed by atoms with Crippen molar-refractivity contribution < 1.29 is 19.2 Å². The Bertz CT molecular complexity index is 1180. The van der Waals surface area contributed by atoms with Gasteiger partial charge >= 0.3 is 0 Å². The number of hydrogen-bond donors (Lipinski definition) is 2. The third-order valence-electron chi connectivity index (χ3n) is 3.43. The van der Waals surface area contributed by atoms with Crippen LogP contribution >= 0.6 is 0 Å². The summed E-state index contributed by atoms with van der Waals surface area (Å²) in [5.41, 5.74) is 1.36. The molecule has 1 saturated heterocycles. The molecule has 2 amide bonds. The Labute approximate surface area is 136 Å². The number of aromatic nitrogens is 2. The van der Waals surface area contributed by atoms with E-state index in [4.69, 9.17) is 15.3 Å². The minimum absolute atomic E-state index is 0.265.